The van der Waals surface area contributed by atoms with Crippen LogP contribution in [-0.2, 0) is 0 Å². The summed E-state index contributed by atoms with van der Waals surface area (Å²) in [5, 5.41) is 0. The molecule has 82 valence electrons. The van der Waals surface area contributed by atoms with Crippen molar-refractivity contribution in [2.45, 2.75) is 6.92 Å². The molecule has 0 radical (unpaired) electrons. The smallest absolute Gasteiger partial charge is 0.219 e. The van der Waals surface area contributed by atoms with Crippen molar-refractivity contribution in [1.29, 1.82) is 0 Å². The molecule has 0 aliphatic heterocycles. The minimum absolute atomic E-state index is 0.253. The fraction of sp³-hybridized carbons (Fsp3) is 0.0833. The summed E-state index contributed by atoms with van der Waals surface area (Å²) in [5.41, 5.74) is 6.90. The van der Waals surface area contributed by atoms with E-state index in [1.807, 2.05) is 13.0 Å². The van der Waals surface area contributed by atoms with Crippen molar-refractivity contribution in [2.75, 3.05) is 5.73 Å². The molecular weight excluding hydrogens is 207 g/mol. The monoisotopic (exact) mass is 218 g/mol. The Morgan fingerprint density at radius 1 is 1.25 bits per heavy atom. The highest BCUT2D eigenvalue weighted by atomic mass is 19.1. The predicted molar refractivity (Wildman–Crippen MR) is 59.9 cm³/mol. The van der Waals surface area contributed by atoms with E-state index in [0.717, 1.165) is 5.56 Å². The highest BCUT2D eigenvalue weighted by Crippen LogP contribution is 2.26. The maximum atomic E-state index is 12.8. The van der Waals surface area contributed by atoms with Crippen LogP contribution in [0.1, 0.15) is 5.56 Å². The van der Waals surface area contributed by atoms with Crippen LogP contribution in [0.2, 0.25) is 0 Å². The van der Waals surface area contributed by atoms with Crippen molar-refractivity contribution in [2.24, 2.45) is 0 Å². The van der Waals surface area contributed by atoms with Crippen molar-refractivity contribution in [3.63, 3.8) is 0 Å². The van der Waals surface area contributed by atoms with Gasteiger partial charge in [-0.15, -0.1) is 0 Å². The third kappa shape index (κ3) is 2.28. The molecule has 0 aliphatic carbocycles. The van der Waals surface area contributed by atoms with Gasteiger partial charge >= 0.3 is 0 Å². The maximum absolute atomic E-state index is 12.8. The Labute approximate surface area is 92.7 Å². The minimum atomic E-state index is -0.387. The first-order chi connectivity index (χ1) is 7.65. The number of nitrogens with zero attached hydrogens (tertiary/aromatic N) is 1. The van der Waals surface area contributed by atoms with E-state index in [-0.39, 0.29) is 11.5 Å². The Hall–Kier alpha value is -2.10. The summed E-state index contributed by atoms with van der Waals surface area (Å²) in [7, 11) is 0. The lowest BCUT2D eigenvalue weighted by atomic mass is 10.3. The van der Waals surface area contributed by atoms with Crippen LogP contribution in [0, 0.1) is 12.7 Å². The van der Waals surface area contributed by atoms with Gasteiger partial charge in [-0.05, 0) is 30.7 Å². The zero-order valence-corrected chi connectivity index (χ0v) is 8.77. The Bertz CT molecular complexity index is 514. The highest BCUT2D eigenvalue weighted by Gasteiger charge is 2.04. The second-order valence-corrected chi connectivity index (χ2v) is 3.46. The number of nitrogens with two attached hydrogens (primary N) is 1. The molecule has 1 aromatic heterocycles. The quantitative estimate of drug-likeness (QED) is 0.788. The van der Waals surface area contributed by atoms with Gasteiger partial charge in [0.25, 0.3) is 0 Å². The van der Waals surface area contributed by atoms with Crippen LogP contribution < -0.4 is 10.5 Å². The van der Waals surface area contributed by atoms with Gasteiger partial charge in [0.15, 0.2) is 5.75 Å². The number of anilines is 1. The van der Waals surface area contributed by atoms with Gasteiger partial charge in [0, 0.05) is 18.3 Å². The molecule has 0 aliphatic rings. The van der Waals surface area contributed by atoms with Crippen LogP contribution in [0.15, 0.2) is 36.5 Å². The minimum Gasteiger partial charge on any atom is -0.437 e. The third-order valence-electron chi connectivity index (χ3n) is 2.08. The van der Waals surface area contributed by atoms with Gasteiger partial charge in [0.1, 0.15) is 5.82 Å². The highest BCUT2D eigenvalue weighted by molar-refractivity contribution is 5.53. The van der Waals surface area contributed by atoms with E-state index in [2.05, 4.69) is 4.98 Å². The van der Waals surface area contributed by atoms with Crippen molar-refractivity contribution in [3.8, 4) is 11.6 Å². The van der Waals surface area contributed by atoms with E-state index in [4.69, 9.17) is 10.5 Å². The molecule has 16 heavy (non-hydrogen) atoms. The number of nitrogen functional groups attached to an aromatic ring is 1. The molecular formula is C12H11FN2O. The standard InChI is InChI=1S/C12H11FN2O/c1-8-4-5-15-12(6-8)16-11-3-2-9(13)7-10(11)14/h2-7H,14H2,1H3. The second kappa shape index (κ2) is 4.18. The Balaban J connectivity index is 2.27. The Kier molecular flexibility index (Phi) is 2.72. The molecule has 0 fully saturated rings. The van der Waals surface area contributed by atoms with Gasteiger partial charge in [-0.1, -0.05) is 0 Å². The van der Waals surface area contributed by atoms with Gasteiger partial charge in [0.2, 0.25) is 5.88 Å². The van der Waals surface area contributed by atoms with Gasteiger partial charge in [0.05, 0.1) is 5.69 Å². The zero-order chi connectivity index (χ0) is 11.5. The summed E-state index contributed by atoms with van der Waals surface area (Å²) in [6.45, 7) is 1.93. The fourth-order valence-corrected chi connectivity index (χ4v) is 1.29. The van der Waals surface area contributed by atoms with Crippen LogP contribution >= 0.6 is 0 Å². The van der Waals surface area contributed by atoms with Crippen LogP contribution in [0.3, 0.4) is 0 Å². The lowest BCUT2D eigenvalue weighted by Gasteiger charge is -2.07. The number of aromatic nitrogens is 1. The maximum Gasteiger partial charge on any atom is 0.219 e. The molecule has 2 N–H and O–H groups in total. The number of hydrogen-bond donors (Lipinski definition) is 1. The molecule has 0 bridgehead atoms. The lowest BCUT2D eigenvalue weighted by Crippen LogP contribution is -1.94. The number of halogens is 1. The SMILES string of the molecule is Cc1ccnc(Oc2ccc(F)cc2N)c1. The topological polar surface area (TPSA) is 48.1 Å². The molecule has 1 heterocycles. The summed E-state index contributed by atoms with van der Waals surface area (Å²) >= 11 is 0. The average molecular weight is 218 g/mol. The van der Waals surface area contributed by atoms with E-state index in [1.54, 1.807) is 12.3 Å². The Morgan fingerprint density at radius 2 is 2.06 bits per heavy atom. The normalized spacial score (nSPS) is 10.1. The molecule has 2 aromatic rings. The number of ether oxygens (including phenoxy) is 1. The molecule has 0 saturated carbocycles. The van der Waals surface area contributed by atoms with Crippen LogP contribution in [0.25, 0.3) is 0 Å². The van der Waals surface area contributed by atoms with Gasteiger partial charge < -0.3 is 10.5 Å². The molecule has 0 spiro atoms. The van der Waals surface area contributed by atoms with Crippen molar-refractivity contribution < 1.29 is 9.13 Å². The van der Waals surface area contributed by atoms with Gasteiger partial charge in [-0.3, -0.25) is 0 Å². The van der Waals surface area contributed by atoms with Gasteiger partial charge in [-0.25, -0.2) is 9.37 Å². The zero-order valence-electron chi connectivity index (χ0n) is 8.77. The number of hydrogen-bond acceptors (Lipinski definition) is 3. The van der Waals surface area contributed by atoms with Crippen molar-refractivity contribution in [3.05, 3.63) is 47.9 Å². The molecule has 0 saturated heterocycles. The first-order valence-corrected chi connectivity index (χ1v) is 4.81. The van der Waals surface area contributed by atoms with Crippen LogP contribution in [0.5, 0.6) is 11.6 Å². The van der Waals surface area contributed by atoms with E-state index >= 15 is 0 Å². The second-order valence-electron chi connectivity index (χ2n) is 3.46. The van der Waals surface area contributed by atoms with E-state index < -0.39 is 0 Å². The van der Waals surface area contributed by atoms with Gasteiger partial charge in [-0.2, -0.15) is 0 Å². The molecule has 1 aromatic carbocycles. The third-order valence-corrected chi connectivity index (χ3v) is 2.08. The summed E-state index contributed by atoms with van der Waals surface area (Å²) in [6, 6.07) is 7.63. The summed E-state index contributed by atoms with van der Waals surface area (Å²) in [6.07, 6.45) is 1.64. The number of benzene rings is 1. The first kappa shape index (κ1) is 10.4. The molecule has 0 atom stereocenters. The van der Waals surface area contributed by atoms with E-state index in [1.165, 1.54) is 18.2 Å². The summed E-state index contributed by atoms with van der Waals surface area (Å²) in [4.78, 5) is 4.03. The summed E-state index contributed by atoms with van der Waals surface area (Å²) < 4.78 is 18.2. The van der Waals surface area contributed by atoms with Crippen LogP contribution in [0.4, 0.5) is 10.1 Å². The first-order valence-electron chi connectivity index (χ1n) is 4.81. The number of pyridine rings is 1. The Morgan fingerprint density at radius 3 is 2.75 bits per heavy atom. The fourth-order valence-electron chi connectivity index (χ4n) is 1.29. The number of aryl methyl sites for hydroxylation is 1. The molecule has 3 nitrogen and oxygen atoms in total. The molecule has 4 heteroatoms. The van der Waals surface area contributed by atoms with Crippen molar-refractivity contribution in [1.82, 2.24) is 4.98 Å². The molecule has 0 unspecified atom stereocenters. The molecule has 2 rings (SSSR count). The average Bonchev–Trinajstić information content (AvgIpc) is 2.22. The molecule has 0 amide bonds. The predicted octanol–water partition coefficient (Wildman–Crippen LogP) is 2.90. The van der Waals surface area contributed by atoms with Crippen molar-refractivity contribution >= 4 is 5.69 Å². The van der Waals surface area contributed by atoms with E-state index in [0.29, 0.717) is 11.6 Å². The number of rotatable bonds is 2. The lowest BCUT2D eigenvalue weighted by molar-refractivity contribution is 0.463. The van der Waals surface area contributed by atoms with Crippen LogP contribution in [-0.4, -0.2) is 4.98 Å². The van der Waals surface area contributed by atoms with E-state index in [9.17, 15) is 4.39 Å². The summed E-state index contributed by atoms with van der Waals surface area (Å²) in [5.74, 6) is 0.458. The largest absolute Gasteiger partial charge is 0.437 e.